The van der Waals surface area contributed by atoms with Gasteiger partial charge < -0.3 is 0 Å². The first kappa shape index (κ1) is 11.5. The molecule has 1 aromatic rings. The highest BCUT2D eigenvalue weighted by Crippen LogP contribution is 2.41. The molecule has 16 heavy (non-hydrogen) atoms. The molecule has 86 valence electrons. The van der Waals surface area contributed by atoms with E-state index in [0.717, 1.165) is 18.5 Å². The van der Waals surface area contributed by atoms with Crippen LogP contribution in [0.1, 0.15) is 50.4 Å². The molecule has 1 atom stereocenters. The molecule has 0 N–H and O–H groups in total. The molecule has 1 unspecified atom stereocenters. The Labute approximate surface area is 101 Å². The van der Waals surface area contributed by atoms with Gasteiger partial charge in [-0.25, -0.2) is 4.68 Å². The van der Waals surface area contributed by atoms with Crippen molar-refractivity contribution < 1.29 is 0 Å². The zero-order valence-electron chi connectivity index (χ0n) is 9.70. The van der Waals surface area contributed by atoms with Gasteiger partial charge in [0.15, 0.2) is 0 Å². The van der Waals surface area contributed by atoms with Crippen molar-refractivity contribution in [3.8, 4) is 6.07 Å². The standard InChI is InChI=1S/C12H16ClN3/c1-3-4-11-10(7-14)12(13)16(15-11)8(2)9-5-6-9/h8-9H,3-6H2,1-2H3. The van der Waals surface area contributed by atoms with E-state index in [-0.39, 0.29) is 0 Å². The molecular weight excluding hydrogens is 222 g/mol. The van der Waals surface area contributed by atoms with Crippen molar-refractivity contribution in [2.45, 2.75) is 45.6 Å². The highest BCUT2D eigenvalue weighted by atomic mass is 35.5. The summed E-state index contributed by atoms with van der Waals surface area (Å²) in [6, 6.07) is 2.49. The maximum absolute atomic E-state index is 9.09. The maximum atomic E-state index is 9.09. The molecule has 1 aromatic heterocycles. The van der Waals surface area contributed by atoms with Crippen LogP contribution in [0.25, 0.3) is 0 Å². The quantitative estimate of drug-likeness (QED) is 0.806. The smallest absolute Gasteiger partial charge is 0.145 e. The number of aryl methyl sites for hydroxylation is 1. The van der Waals surface area contributed by atoms with Gasteiger partial charge in [-0.05, 0) is 32.1 Å². The van der Waals surface area contributed by atoms with Gasteiger partial charge in [0.25, 0.3) is 0 Å². The summed E-state index contributed by atoms with van der Waals surface area (Å²) in [4.78, 5) is 0. The number of nitriles is 1. The van der Waals surface area contributed by atoms with E-state index < -0.39 is 0 Å². The van der Waals surface area contributed by atoms with E-state index in [1.165, 1.54) is 12.8 Å². The van der Waals surface area contributed by atoms with E-state index in [4.69, 9.17) is 16.9 Å². The highest BCUT2D eigenvalue weighted by molar-refractivity contribution is 6.30. The predicted octanol–water partition coefficient (Wildman–Crippen LogP) is 3.33. The summed E-state index contributed by atoms with van der Waals surface area (Å²) in [6.45, 7) is 4.21. The van der Waals surface area contributed by atoms with Crippen molar-refractivity contribution in [2.75, 3.05) is 0 Å². The minimum absolute atomic E-state index is 0.324. The van der Waals surface area contributed by atoms with Gasteiger partial charge in [-0.2, -0.15) is 10.4 Å². The molecule has 4 heteroatoms. The van der Waals surface area contributed by atoms with Crippen LogP contribution in [-0.2, 0) is 6.42 Å². The molecular formula is C12H16ClN3. The maximum Gasteiger partial charge on any atom is 0.145 e. The zero-order valence-corrected chi connectivity index (χ0v) is 10.5. The number of halogens is 1. The lowest BCUT2D eigenvalue weighted by Crippen LogP contribution is -2.09. The van der Waals surface area contributed by atoms with Gasteiger partial charge in [-0.3, -0.25) is 0 Å². The fraction of sp³-hybridized carbons (Fsp3) is 0.667. The fourth-order valence-corrected chi connectivity index (χ4v) is 2.37. The van der Waals surface area contributed by atoms with E-state index in [1.807, 2.05) is 4.68 Å². The molecule has 1 fully saturated rings. The first-order chi connectivity index (χ1) is 7.69. The molecule has 3 nitrogen and oxygen atoms in total. The van der Waals surface area contributed by atoms with E-state index in [0.29, 0.717) is 22.7 Å². The molecule has 2 rings (SSSR count). The Morgan fingerprint density at radius 2 is 2.31 bits per heavy atom. The van der Waals surface area contributed by atoms with Crippen LogP contribution >= 0.6 is 11.6 Å². The lowest BCUT2D eigenvalue weighted by Gasteiger charge is -2.11. The fourth-order valence-electron chi connectivity index (χ4n) is 2.03. The Balaban J connectivity index is 2.35. The summed E-state index contributed by atoms with van der Waals surface area (Å²) in [5.74, 6) is 0.693. The van der Waals surface area contributed by atoms with Crippen molar-refractivity contribution in [3.63, 3.8) is 0 Å². The van der Waals surface area contributed by atoms with Gasteiger partial charge in [-0.15, -0.1) is 0 Å². The van der Waals surface area contributed by atoms with Gasteiger partial charge in [0.05, 0.1) is 11.7 Å². The second-order valence-electron chi connectivity index (χ2n) is 4.50. The summed E-state index contributed by atoms with van der Waals surface area (Å²) >= 11 is 6.21. The molecule has 1 heterocycles. The largest absolute Gasteiger partial charge is 0.249 e. The average molecular weight is 238 g/mol. The molecule has 0 bridgehead atoms. The van der Waals surface area contributed by atoms with Crippen LogP contribution in [0.3, 0.4) is 0 Å². The molecule has 0 aliphatic heterocycles. The summed E-state index contributed by atoms with van der Waals surface area (Å²) in [5.41, 5.74) is 1.42. The Bertz CT molecular complexity index is 426. The van der Waals surface area contributed by atoms with Gasteiger partial charge in [0.2, 0.25) is 0 Å². The molecule has 1 aliphatic rings. The molecule has 0 saturated heterocycles. The number of hydrogen-bond acceptors (Lipinski definition) is 2. The molecule has 1 aliphatic carbocycles. The minimum atomic E-state index is 0.324. The monoisotopic (exact) mass is 237 g/mol. The lowest BCUT2D eigenvalue weighted by molar-refractivity contribution is 0.437. The predicted molar refractivity (Wildman–Crippen MR) is 63.4 cm³/mol. The van der Waals surface area contributed by atoms with Crippen LogP contribution in [0.5, 0.6) is 0 Å². The third-order valence-electron chi connectivity index (χ3n) is 3.21. The normalized spacial score (nSPS) is 17.1. The molecule has 0 spiro atoms. The van der Waals surface area contributed by atoms with E-state index in [2.05, 4.69) is 25.0 Å². The van der Waals surface area contributed by atoms with Crippen molar-refractivity contribution in [3.05, 3.63) is 16.4 Å². The number of aromatic nitrogens is 2. The first-order valence-corrected chi connectivity index (χ1v) is 6.23. The van der Waals surface area contributed by atoms with E-state index >= 15 is 0 Å². The van der Waals surface area contributed by atoms with E-state index in [9.17, 15) is 0 Å². The third-order valence-corrected chi connectivity index (χ3v) is 3.58. The van der Waals surface area contributed by atoms with E-state index in [1.54, 1.807) is 0 Å². The first-order valence-electron chi connectivity index (χ1n) is 5.86. The Kier molecular flexibility index (Phi) is 3.20. The van der Waals surface area contributed by atoms with Crippen LogP contribution < -0.4 is 0 Å². The molecule has 0 amide bonds. The Morgan fingerprint density at radius 1 is 1.62 bits per heavy atom. The second kappa shape index (κ2) is 4.47. The summed E-state index contributed by atoms with van der Waals surface area (Å²) in [6.07, 6.45) is 4.32. The van der Waals surface area contributed by atoms with Crippen LogP contribution in [0.4, 0.5) is 0 Å². The molecule has 1 saturated carbocycles. The molecule has 0 radical (unpaired) electrons. The van der Waals surface area contributed by atoms with Crippen molar-refractivity contribution in [1.82, 2.24) is 9.78 Å². The van der Waals surface area contributed by atoms with Crippen molar-refractivity contribution in [1.29, 1.82) is 5.26 Å². The van der Waals surface area contributed by atoms with Crippen molar-refractivity contribution >= 4 is 11.6 Å². The lowest BCUT2D eigenvalue weighted by atomic mass is 10.2. The summed E-state index contributed by atoms with van der Waals surface area (Å²) in [5, 5.41) is 14.1. The summed E-state index contributed by atoms with van der Waals surface area (Å²) < 4.78 is 1.84. The third kappa shape index (κ3) is 1.94. The Hall–Kier alpha value is -1.01. The van der Waals surface area contributed by atoms with Crippen LogP contribution in [0.15, 0.2) is 0 Å². The second-order valence-corrected chi connectivity index (χ2v) is 4.85. The highest BCUT2D eigenvalue weighted by Gasteiger charge is 2.32. The van der Waals surface area contributed by atoms with Gasteiger partial charge in [0.1, 0.15) is 16.8 Å². The van der Waals surface area contributed by atoms with Gasteiger partial charge in [-0.1, -0.05) is 24.9 Å². The number of nitrogens with zero attached hydrogens (tertiary/aromatic N) is 3. The Morgan fingerprint density at radius 3 is 2.81 bits per heavy atom. The number of hydrogen-bond donors (Lipinski definition) is 0. The zero-order chi connectivity index (χ0) is 11.7. The van der Waals surface area contributed by atoms with Crippen LogP contribution in [-0.4, -0.2) is 9.78 Å². The topological polar surface area (TPSA) is 41.6 Å². The van der Waals surface area contributed by atoms with Crippen LogP contribution in [0, 0.1) is 17.2 Å². The van der Waals surface area contributed by atoms with Gasteiger partial charge >= 0.3 is 0 Å². The summed E-state index contributed by atoms with van der Waals surface area (Å²) in [7, 11) is 0. The minimum Gasteiger partial charge on any atom is -0.249 e. The molecule has 0 aromatic carbocycles. The SMILES string of the molecule is CCCc1nn(C(C)C2CC2)c(Cl)c1C#N. The average Bonchev–Trinajstić information content (AvgIpc) is 3.05. The van der Waals surface area contributed by atoms with Gasteiger partial charge in [0, 0.05) is 0 Å². The van der Waals surface area contributed by atoms with Crippen LogP contribution in [0.2, 0.25) is 5.15 Å². The number of rotatable bonds is 4. The van der Waals surface area contributed by atoms with Crippen molar-refractivity contribution in [2.24, 2.45) is 5.92 Å².